The molecule has 0 heterocycles. The average Bonchev–Trinajstić information content (AvgIpc) is 2.08. The van der Waals surface area contributed by atoms with Crippen LogP contribution in [-0.4, -0.2) is 24.5 Å². The number of nitrogens with two attached hydrogens (primary N) is 1. The summed E-state index contributed by atoms with van der Waals surface area (Å²) in [6.45, 7) is 2.13. The highest BCUT2D eigenvalue weighted by Gasteiger charge is 2.27. The number of halogens is 2. The SMILES string of the molecule is CCC(CCl)(CCl)COC(N)=O. The van der Waals surface area contributed by atoms with E-state index in [0.29, 0.717) is 11.8 Å². The van der Waals surface area contributed by atoms with Gasteiger partial charge in [0.2, 0.25) is 0 Å². The van der Waals surface area contributed by atoms with Gasteiger partial charge in [-0.1, -0.05) is 6.92 Å². The first-order valence-electron chi connectivity index (χ1n) is 3.64. The zero-order chi connectivity index (χ0) is 9.61. The average molecular weight is 214 g/mol. The molecular formula is C7H13Cl2NO2. The third-order valence-electron chi connectivity index (χ3n) is 1.84. The molecule has 3 nitrogen and oxygen atoms in total. The first-order valence-corrected chi connectivity index (χ1v) is 4.71. The molecule has 0 aromatic heterocycles. The summed E-state index contributed by atoms with van der Waals surface area (Å²) in [6, 6.07) is 0. The lowest BCUT2D eigenvalue weighted by Crippen LogP contribution is -2.32. The van der Waals surface area contributed by atoms with E-state index in [1.54, 1.807) is 0 Å². The highest BCUT2D eigenvalue weighted by atomic mass is 35.5. The molecule has 0 atom stereocenters. The van der Waals surface area contributed by atoms with Crippen LogP contribution in [0.5, 0.6) is 0 Å². The van der Waals surface area contributed by atoms with Crippen LogP contribution in [0.15, 0.2) is 0 Å². The van der Waals surface area contributed by atoms with Gasteiger partial charge in [0.15, 0.2) is 0 Å². The van der Waals surface area contributed by atoms with E-state index in [2.05, 4.69) is 4.74 Å². The largest absolute Gasteiger partial charge is 0.449 e. The molecule has 2 N–H and O–H groups in total. The second-order valence-corrected chi connectivity index (χ2v) is 3.26. The number of amides is 1. The standard InChI is InChI=1S/C7H13Cl2NO2/c1-2-7(3-8,4-9)5-12-6(10)11/h2-5H2,1H3,(H2,10,11). The molecule has 0 saturated heterocycles. The Bertz CT molecular complexity index is 140. The summed E-state index contributed by atoms with van der Waals surface area (Å²) < 4.78 is 4.65. The minimum Gasteiger partial charge on any atom is -0.449 e. The van der Waals surface area contributed by atoms with E-state index >= 15 is 0 Å². The first kappa shape index (κ1) is 11.8. The number of hydrogen-bond donors (Lipinski definition) is 1. The van der Waals surface area contributed by atoms with Gasteiger partial charge in [-0.25, -0.2) is 4.79 Å². The fraction of sp³-hybridized carbons (Fsp3) is 0.857. The van der Waals surface area contributed by atoms with Gasteiger partial charge in [0.25, 0.3) is 0 Å². The van der Waals surface area contributed by atoms with Crippen LogP contribution in [0.25, 0.3) is 0 Å². The summed E-state index contributed by atoms with van der Waals surface area (Å²) in [7, 11) is 0. The van der Waals surface area contributed by atoms with Gasteiger partial charge in [0, 0.05) is 17.2 Å². The fourth-order valence-electron chi connectivity index (χ4n) is 0.628. The number of alkyl halides is 2. The van der Waals surface area contributed by atoms with Crippen molar-refractivity contribution in [1.29, 1.82) is 0 Å². The van der Waals surface area contributed by atoms with Crippen LogP contribution < -0.4 is 5.73 Å². The Labute approximate surface area is 82.2 Å². The maximum absolute atomic E-state index is 10.3. The maximum atomic E-state index is 10.3. The monoisotopic (exact) mass is 213 g/mol. The van der Waals surface area contributed by atoms with Crippen molar-refractivity contribution >= 4 is 29.3 Å². The molecule has 0 saturated carbocycles. The zero-order valence-electron chi connectivity index (χ0n) is 6.98. The molecule has 0 fully saturated rings. The van der Waals surface area contributed by atoms with E-state index in [1.165, 1.54) is 0 Å². The van der Waals surface area contributed by atoms with Crippen molar-refractivity contribution in [1.82, 2.24) is 0 Å². The lowest BCUT2D eigenvalue weighted by Gasteiger charge is -2.26. The van der Waals surface area contributed by atoms with Crippen LogP contribution in [0, 0.1) is 5.41 Å². The molecule has 12 heavy (non-hydrogen) atoms. The molecule has 5 heteroatoms. The second kappa shape index (κ2) is 5.49. The fourth-order valence-corrected chi connectivity index (χ4v) is 1.45. The minimum absolute atomic E-state index is 0.186. The molecular weight excluding hydrogens is 201 g/mol. The molecule has 0 unspecified atom stereocenters. The van der Waals surface area contributed by atoms with E-state index in [-0.39, 0.29) is 12.0 Å². The van der Waals surface area contributed by atoms with Crippen LogP contribution in [0.3, 0.4) is 0 Å². The van der Waals surface area contributed by atoms with Crippen molar-refractivity contribution in [2.24, 2.45) is 11.1 Å². The summed E-state index contributed by atoms with van der Waals surface area (Å²) in [4.78, 5) is 10.3. The van der Waals surface area contributed by atoms with Crippen LogP contribution in [0.1, 0.15) is 13.3 Å². The predicted octanol–water partition coefficient (Wildman–Crippen LogP) is 1.96. The highest BCUT2D eigenvalue weighted by Crippen LogP contribution is 2.25. The second-order valence-electron chi connectivity index (χ2n) is 2.73. The summed E-state index contributed by atoms with van der Waals surface area (Å²) in [5, 5.41) is 0. The molecule has 0 aliphatic rings. The normalized spacial score (nSPS) is 11.2. The van der Waals surface area contributed by atoms with Gasteiger partial charge in [-0.2, -0.15) is 0 Å². The molecule has 0 aromatic carbocycles. The Kier molecular flexibility index (Phi) is 5.42. The van der Waals surface area contributed by atoms with Gasteiger partial charge < -0.3 is 10.5 Å². The number of ether oxygens (including phenoxy) is 1. The Balaban J connectivity index is 4.01. The van der Waals surface area contributed by atoms with E-state index in [4.69, 9.17) is 28.9 Å². The van der Waals surface area contributed by atoms with Crippen LogP contribution in [-0.2, 0) is 4.74 Å². The summed E-state index contributed by atoms with van der Waals surface area (Å²) in [5.41, 5.74) is 4.48. The van der Waals surface area contributed by atoms with Gasteiger partial charge in [-0.05, 0) is 6.42 Å². The lowest BCUT2D eigenvalue weighted by molar-refractivity contribution is 0.108. The smallest absolute Gasteiger partial charge is 0.404 e. The van der Waals surface area contributed by atoms with E-state index in [9.17, 15) is 4.79 Å². The maximum Gasteiger partial charge on any atom is 0.404 e. The Morgan fingerprint density at radius 1 is 1.50 bits per heavy atom. The zero-order valence-corrected chi connectivity index (χ0v) is 8.49. The van der Waals surface area contributed by atoms with Gasteiger partial charge in [-0.15, -0.1) is 23.2 Å². The predicted molar refractivity (Wildman–Crippen MR) is 49.7 cm³/mol. The van der Waals surface area contributed by atoms with Gasteiger partial charge in [0.1, 0.15) is 6.61 Å². The quantitative estimate of drug-likeness (QED) is 0.711. The Morgan fingerprint density at radius 2 is 2.00 bits per heavy atom. The van der Waals surface area contributed by atoms with E-state index in [0.717, 1.165) is 6.42 Å². The van der Waals surface area contributed by atoms with Crippen molar-refractivity contribution < 1.29 is 9.53 Å². The molecule has 0 aliphatic carbocycles. The third-order valence-corrected chi connectivity index (χ3v) is 2.97. The Morgan fingerprint density at radius 3 is 2.25 bits per heavy atom. The van der Waals surface area contributed by atoms with Crippen LogP contribution in [0.4, 0.5) is 4.79 Å². The van der Waals surface area contributed by atoms with Crippen molar-refractivity contribution in [2.75, 3.05) is 18.4 Å². The summed E-state index contributed by atoms with van der Waals surface area (Å²) in [5.74, 6) is 0.723. The number of carbonyl (C=O) groups excluding carboxylic acids is 1. The number of primary amides is 1. The van der Waals surface area contributed by atoms with Gasteiger partial charge in [0.05, 0.1) is 0 Å². The van der Waals surface area contributed by atoms with Gasteiger partial charge >= 0.3 is 6.09 Å². The molecule has 1 amide bonds. The van der Waals surface area contributed by atoms with Gasteiger partial charge in [-0.3, -0.25) is 0 Å². The van der Waals surface area contributed by atoms with Crippen molar-refractivity contribution in [3.63, 3.8) is 0 Å². The topological polar surface area (TPSA) is 52.3 Å². The minimum atomic E-state index is -0.789. The van der Waals surface area contributed by atoms with Crippen molar-refractivity contribution in [3.8, 4) is 0 Å². The van der Waals surface area contributed by atoms with Crippen LogP contribution >= 0.6 is 23.2 Å². The number of carbonyl (C=O) groups is 1. The third kappa shape index (κ3) is 3.50. The number of rotatable bonds is 5. The van der Waals surface area contributed by atoms with Crippen LogP contribution in [0.2, 0.25) is 0 Å². The van der Waals surface area contributed by atoms with Crippen molar-refractivity contribution in [3.05, 3.63) is 0 Å². The molecule has 0 rings (SSSR count). The summed E-state index contributed by atoms with van der Waals surface area (Å²) >= 11 is 11.4. The lowest BCUT2D eigenvalue weighted by atomic mass is 9.91. The summed E-state index contributed by atoms with van der Waals surface area (Å²) in [6.07, 6.45) is -0.0316. The van der Waals surface area contributed by atoms with E-state index in [1.807, 2.05) is 6.92 Å². The Hall–Kier alpha value is -0.150. The molecule has 0 spiro atoms. The number of hydrogen-bond acceptors (Lipinski definition) is 2. The first-order chi connectivity index (χ1) is 5.60. The highest BCUT2D eigenvalue weighted by molar-refractivity contribution is 6.21. The molecule has 0 radical (unpaired) electrons. The molecule has 0 bridgehead atoms. The van der Waals surface area contributed by atoms with Crippen molar-refractivity contribution in [2.45, 2.75) is 13.3 Å². The molecule has 0 aromatic rings. The molecule has 72 valence electrons. The van der Waals surface area contributed by atoms with E-state index < -0.39 is 6.09 Å². The molecule has 0 aliphatic heterocycles.